The number of hydrazine groups is 1. The molecule has 1 aromatic heterocycles. The molecule has 160 valence electrons. The Hall–Kier alpha value is -3.72. The molecular weight excluding hydrogens is 394 g/mol. The minimum Gasteiger partial charge on any atom is -0.369 e. The molecule has 1 saturated heterocycles. The van der Waals surface area contributed by atoms with E-state index in [1.165, 1.54) is 16.7 Å². The van der Waals surface area contributed by atoms with Gasteiger partial charge in [-0.25, -0.2) is 0 Å². The number of amides is 2. The van der Waals surface area contributed by atoms with Gasteiger partial charge in [0.25, 0.3) is 5.91 Å². The van der Waals surface area contributed by atoms with Crippen molar-refractivity contribution in [1.29, 1.82) is 0 Å². The van der Waals surface area contributed by atoms with Gasteiger partial charge in [-0.3, -0.25) is 25.3 Å². The Balaban J connectivity index is 1.17. The molecule has 0 spiro atoms. The topological polar surface area (TPSA) is 95.4 Å². The number of anilines is 1. The van der Waals surface area contributed by atoms with Gasteiger partial charge in [0.05, 0.1) is 11.9 Å². The highest BCUT2D eigenvalue weighted by Gasteiger charge is 2.18. The van der Waals surface area contributed by atoms with Crippen molar-refractivity contribution in [3.8, 4) is 5.69 Å². The summed E-state index contributed by atoms with van der Waals surface area (Å²) in [5.74, 6) is -0.749. The minimum absolute atomic E-state index is 0.126. The second-order valence-electron chi connectivity index (χ2n) is 7.27. The van der Waals surface area contributed by atoms with E-state index in [4.69, 9.17) is 0 Å². The molecule has 1 aliphatic rings. The summed E-state index contributed by atoms with van der Waals surface area (Å²) in [4.78, 5) is 30.3. The third-order valence-electron chi connectivity index (χ3n) is 5.18. The molecule has 0 radical (unpaired) electrons. The molecule has 3 aromatic rings. The zero-order chi connectivity index (χ0) is 21.5. The van der Waals surface area contributed by atoms with E-state index in [1.807, 2.05) is 48.5 Å². The molecule has 31 heavy (non-hydrogen) atoms. The van der Waals surface area contributed by atoms with Crippen LogP contribution in [0.3, 0.4) is 0 Å². The van der Waals surface area contributed by atoms with E-state index in [9.17, 15) is 9.59 Å². The van der Waals surface area contributed by atoms with E-state index in [2.05, 4.69) is 43.0 Å². The molecule has 0 atom stereocenters. The summed E-state index contributed by atoms with van der Waals surface area (Å²) in [6.45, 7) is 4.31. The first-order chi connectivity index (χ1) is 15.2. The number of carbonyl (C=O) groups is 2. The average Bonchev–Trinajstić information content (AvgIpc) is 3.33. The van der Waals surface area contributed by atoms with Crippen LogP contribution in [0.15, 0.2) is 66.9 Å². The summed E-state index contributed by atoms with van der Waals surface area (Å²) in [5.41, 5.74) is 6.95. The van der Waals surface area contributed by atoms with Crippen molar-refractivity contribution < 1.29 is 9.59 Å². The van der Waals surface area contributed by atoms with Gasteiger partial charge in [0, 0.05) is 44.8 Å². The Morgan fingerprint density at radius 3 is 2.16 bits per heavy atom. The molecule has 2 aromatic carbocycles. The summed E-state index contributed by atoms with van der Waals surface area (Å²) in [7, 11) is 0. The lowest BCUT2D eigenvalue weighted by Gasteiger charge is -2.36. The number of rotatable bonds is 6. The fourth-order valence-corrected chi connectivity index (χ4v) is 3.43. The van der Waals surface area contributed by atoms with Crippen LogP contribution < -0.4 is 15.8 Å². The molecule has 0 saturated carbocycles. The third-order valence-corrected chi connectivity index (χ3v) is 5.18. The highest BCUT2D eigenvalue weighted by molar-refractivity contribution is 5.93. The molecule has 0 unspecified atom stereocenters. The molecule has 0 aliphatic carbocycles. The van der Waals surface area contributed by atoms with E-state index in [0.717, 1.165) is 31.9 Å². The number of nitrogens with zero attached hydrogens (tertiary/aromatic N) is 5. The monoisotopic (exact) mass is 419 g/mol. The van der Waals surface area contributed by atoms with Gasteiger partial charge in [-0.1, -0.05) is 36.4 Å². The lowest BCUT2D eigenvalue weighted by molar-refractivity contribution is -0.122. The van der Waals surface area contributed by atoms with Crippen LogP contribution in [0.5, 0.6) is 0 Å². The van der Waals surface area contributed by atoms with E-state index in [0.29, 0.717) is 13.0 Å². The van der Waals surface area contributed by atoms with E-state index in [1.54, 1.807) is 0 Å². The molecule has 4 rings (SSSR count). The number of aromatic nitrogens is 3. The van der Waals surface area contributed by atoms with Crippen LogP contribution in [0.1, 0.15) is 16.9 Å². The smallest absolute Gasteiger partial charge is 0.291 e. The van der Waals surface area contributed by atoms with Crippen LogP contribution in [0.4, 0.5) is 5.69 Å². The molecule has 2 heterocycles. The van der Waals surface area contributed by atoms with Crippen molar-refractivity contribution in [2.45, 2.75) is 6.42 Å². The van der Waals surface area contributed by atoms with Crippen LogP contribution in [-0.4, -0.2) is 64.4 Å². The lowest BCUT2D eigenvalue weighted by atomic mass is 10.2. The Labute approximate surface area is 180 Å². The molecule has 0 bridgehead atoms. The van der Waals surface area contributed by atoms with E-state index < -0.39 is 5.91 Å². The number of hydrogen-bond acceptors (Lipinski definition) is 6. The Bertz CT molecular complexity index is 999. The summed E-state index contributed by atoms with van der Waals surface area (Å²) in [5, 5.41) is 8.22. The molecular formula is C22H25N7O2. The zero-order valence-electron chi connectivity index (χ0n) is 17.1. The fraction of sp³-hybridized carbons (Fsp3) is 0.273. The van der Waals surface area contributed by atoms with Gasteiger partial charge in [-0.2, -0.15) is 9.90 Å². The highest BCUT2D eigenvalue weighted by Crippen LogP contribution is 2.15. The van der Waals surface area contributed by atoms with Gasteiger partial charge in [0.2, 0.25) is 5.91 Å². The fourth-order valence-electron chi connectivity index (χ4n) is 3.43. The normalized spacial score (nSPS) is 14.3. The Kier molecular flexibility index (Phi) is 6.53. The largest absolute Gasteiger partial charge is 0.369 e. The number of benzene rings is 2. The summed E-state index contributed by atoms with van der Waals surface area (Å²) >= 11 is 0. The van der Waals surface area contributed by atoms with Crippen LogP contribution in [0.25, 0.3) is 5.69 Å². The molecule has 9 heteroatoms. The van der Waals surface area contributed by atoms with E-state index >= 15 is 0 Å². The molecule has 2 N–H and O–H groups in total. The molecule has 2 amide bonds. The number of hydrogen-bond donors (Lipinski definition) is 2. The van der Waals surface area contributed by atoms with Gasteiger partial charge < -0.3 is 4.90 Å². The first-order valence-corrected chi connectivity index (χ1v) is 10.3. The summed E-state index contributed by atoms with van der Waals surface area (Å²) < 4.78 is 0. The van der Waals surface area contributed by atoms with Crippen molar-refractivity contribution >= 4 is 17.5 Å². The minimum atomic E-state index is -0.507. The van der Waals surface area contributed by atoms with Crippen molar-refractivity contribution in [2.24, 2.45) is 0 Å². The van der Waals surface area contributed by atoms with Crippen molar-refractivity contribution in [2.75, 3.05) is 37.6 Å². The molecule has 1 fully saturated rings. The van der Waals surface area contributed by atoms with Gasteiger partial charge in [-0.15, -0.1) is 5.10 Å². The summed E-state index contributed by atoms with van der Waals surface area (Å²) in [6.07, 6.45) is 1.67. The number of piperazine rings is 1. The van der Waals surface area contributed by atoms with Gasteiger partial charge >= 0.3 is 0 Å². The van der Waals surface area contributed by atoms with Gasteiger partial charge in [0.1, 0.15) is 0 Å². The van der Waals surface area contributed by atoms with Crippen LogP contribution in [0, 0.1) is 0 Å². The molecule has 9 nitrogen and oxygen atoms in total. The van der Waals surface area contributed by atoms with Crippen molar-refractivity contribution in [3.05, 3.63) is 72.6 Å². The van der Waals surface area contributed by atoms with Crippen molar-refractivity contribution in [3.63, 3.8) is 0 Å². The SMILES string of the molecule is O=C(CCN1CCN(c2ccccc2)CC1)NNC(=O)c1cnn(-c2ccccc2)n1. The quantitative estimate of drug-likeness (QED) is 0.584. The number of nitrogens with one attached hydrogen (secondary N) is 2. The molecule has 1 aliphatic heterocycles. The summed E-state index contributed by atoms with van der Waals surface area (Å²) in [6, 6.07) is 19.6. The van der Waals surface area contributed by atoms with Crippen LogP contribution in [0.2, 0.25) is 0 Å². The maximum atomic E-state index is 12.2. The Morgan fingerprint density at radius 2 is 1.48 bits per heavy atom. The standard InChI is InChI=1S/C22H25N7O2/c30-21(11-12-27-13-15-28(16-14-27)18-7-3-1-4-8-18)24-25-22(31)20-17-23-29(26-20)19-9-5-2-6-10-19/h1-10,17H,11-16H2,(H,24,30)(H,25,31). The van der Waals surface area contributed by atoms with Crippen LogP contribution >= 0.6 is 0 Å². The second-order valence-corrected chi connectivity index (χ2v) is 7.27. The number of carbonyl (C=O) groups excluding carboxylic acids is 2. The Morgan fingerprint density at radius 1 is 0.839 bits per heavy atom. The lowest BCUT2D eigenvalue weighted by Crippen LogP contribution is -2.48. The van der Waals surface area contributed by atoms with Crippen molar-refractivity contribution in [1.82, 2.24) is 30.7 Å². The second kappa shape index (κ2) is 9.86. The van der Waals surface area contributed by atoms with Gasteiger partial charge in [0.15, 0.2) is 5.69 Å². The van der Waals surface area contributed by atoms with Gasteiger partial charge in [-0.05, 0) is 24.3 Å². The predicted molar refractivity (Wildman–Crippen MR) is 117 cm³/mol. The first-order valence-electron chi connectivity index (χ1n) is 10.3. The number of para-hydroxylation sites is 2. The average molecular weight is 419 g/mol. The zero-order valence-corrected chi connectivity index (χ0v) is 17.1. The van der Waals surface area contributed by atoms with E-state index in [-0.39, 0.29) is 11.6 Å². The third kappa shape index (κ3) is 5.46. The van der Waals surface area contributed by atoms with Crippen LogP contribution in [-0.2, 0) is 4.79 Å². The maximum Gasteiger partial charge on any atom is 0.291 e. The predicted octanol–water partition coefficient (Wildman–Crippen LogP) is 1.24. The maximum absolute atomic E-state index is 12.2. The highest BCUT2D eigenvalue weighted by atomic mass is 16.2. The first kappa shape index (κ1) is 20.5.